The van der Waals surface area contributed by atoms with Crippen LogP contribution in [0.3, 0.4) is 0 Å². The SMILES string of the molecule is N#Cc1cc(-c2cc(-c3ccccc3)nc(-c3ccccc3)n2)c(-n2c3ccccc3c3cc(-c4ccccc4C#N)ccc32)c(-c2nc(-c3ccccc3)cc(-c3ccccc3)n2)c1. The first-order valence-electron chi connectivity index (χ1n) is 21.3. The molecule has 3 aromatic heterocycles. The predicted octanol–water partition coefficient (Wildman–Crippen LogP) is 13.8. The van der Waals surface area contributed by atoms with Gasteiger partial charge in [0.15, 0.2) is 11.6 Å². The average Bonchev–Trinajstić information content (AvgIpc) is 3.72. The minimum Gasteiger partial charge on any atom is -0.308 e. The van der Waals surface area contributed by atoms with Crippen LogP contribution in [-0.4, -0.2) is 24.5 Å². The first kappa shape index (κ1) is 38.6. The molecule has 3 heterocycles. The van der Waals surface area contributed by atoms with Crippen molar-refractivity contribution in [2.45, 2.75) is 0 Å². The van der Waals surface area contributed by atoms with Crippen LogP contribution >= 0.6 is 0 Å². The zero-order chi connectivity index (χ0) is 43.7. The quantitative estimate of drug-likeness (QED) is 0.151. The van der Waals surface area contributed by atoms with Crippen molar-refractivity contribution in [2.24, 2.45) is 0 Å². The fourth-order valence-electron chi connectivity index (χ4n) is 8.66. The molecule has 302 valence electrons. The molecule has 0 aliphatic rings. The van der Waals surface area contributed by atoms with Gasteiger partial charge in [-0.05, 0) is 59.7 Å². The van der Waals surface area contributed by atoms with E-state index in [1.54, 1.807) is 0 Å². The number of hydrogen-bond donors (Lipinski definition) is 0. The number of benzene rings is 8. The van der Waals surface area contributed by atoms with Crippen LogP contribution in [0.1, 0.15) is 11.1 Å². The Balaban J connectivity index is 1.28. The summed E-state index contributed by atoms with van der Waals surface area (Å²) in [7, 11) is 0. The summed E-state index contributed by atoms with van der Waals surface area (Å²) in [4.78, 5) is 21.2. The topological polar surface area (TPSA) is 104 Å². The smallest absolute Gasteiger partial charge is 0.162 e. The van der Waals surface area contributed by atoms with E-state index >= 15 is 0 Å². The molecule has 7 nitrogen and oxygen atoms in total. The van der Waals surface area contributed by atoms with E-state index in [9.17, 15) is 10.5 Å². The minimum absolute atomic E-state index is 0.422. The van der Waals surface area contributed by atoms with E-state index in [2.05, 4.69) is 47.0 Å². The monoisotopic (exact) mass is 829 g/mol. The molecule has 8 aromatic carbocycles. The normalized spacial score (nSPS) is 11.0. The molecule has 0 fully saturated rings. The maximum Gasteiger partial charge on any atom is 0.162 e. The number of nitrogens with zero attached hydrogens (tertiary/aromatic N) is 7. The van der Waals surface area contributed by atoms with Crippen LogP contribution < -0.4 is 0 Å². The molecule has 0 bridgehead atoms. The van der Waals surface area contributed by atoms with Gasteiger partial charge in [0.25, 0.3) is 0 Å². The molecule has 7 heteroatoms. The lowest BCUT2D eigenvalue weighted by atomic mass is 9.97. The van der Waals surface area contributed by atoms with Crippen LogP contribution in [0, 0.1) is 22.7 Å². The maximum atomic E-state index is 10.9. The van der Waals surface area contributed by atoms with E-state index in [0.29, 0.717) is 39.6 Å². The summed E-state index contributed by atoms with van der Waals surface area (Å²) in [6, 6.07) is 75.3. The van der Waals surface area contributed by atoms with Crippen molar-refractivity contribution in [3.63, 3.8) is 0 Å². The second kappa shape index (κ2) is 16.5. The largest absolute Gasteiger partial charge is 0.308 e. The van der Waals surface area contributed by atoms with Gasteiger partial charge in [0.2, 0.25) is 0 Å². The fourth-order valence-corrected chi connectivity index (χ4v) is 8.66. The second-order valence-corrected chi connectivity index (χ2v) is 15.7. The highest BCUT2D eigenvalue weighted by Crippen LogP contribution is 2.44. The van der Waals surface area contributed by atoms with Gasteiger partial charge in [0.1, 0.15) is 0 Å². The van der Waals surface area contributed by atoms with Crippen LogP contribution in [0.5, 0.6) is 0 Å². The van der Waals surface area contributed by atoms with E-state index < -0.39 is 0 Å². The van der Waals surface area contributed by atoms with Gasteiger partial charge in [-0.25, -0.2) is 19.9 Å². The molecule has 11 aromatic rings. The number of rotatable bonds is 8. The Morgan fingerprint density at radius 3 is 1.45 bits per heavy atom. The molecule has 65 heavy (non-hydrogen) atoms. The van der Waals surface area contributed by atoms with Gasteiger partial charge in [-0.2, -0.15) is 10.5 Å². The van der Waals surface area contributed by atoms with Gasteiger partial charge in [-0.1, -0.05) is 164 Å². The fraction of sp³-hybridized carbons (Fsp3) is 0. The Labute approximate surface area is 375 Å². The Hall–Kier alpha value is -9.30. The molecule has 0 aliphatic carbocycles. The van der Waals surface area contributed by atoms with Gasteiger partial charge in [-0.3, -0.25) is 0 Å². The summed E-state index contributed by atoms with van der Waals surface area (Å²) in [6.07, 6.45) is 0. The summed E-state index contributed by atoms with van der Waals surface area (Å²) in [5, 5.41) is 23.0. The summed E-state index contributed by atoms with van der Waals surface area (Å²) in [5.74, 6) is 0.998. The Morgan fingerprint density at radius 1 is 0.338 bits per heavy atom. The lowest BCUT2D eigenvalue weighted by molar-refractivity contribution is 1.13. The van der Waals surface area contributed by atoms with Crippen molar-refractivity contribution in [1.29, 1.82) is 10.5 Å². The standard InChI is InChI=1S/C58H35N7/c59-36-38-31-48(53-35-52(41-21-9-3-10-22-41)61-57(64-53)42-23-11-4-12-24-42)56(49(32-38)58-62-50(39-17-5-1-6-18-39)34-51(63-58)40-19-7-2-8-20-40)65-54-28-16-15-27-46(54)47-33-43(29-30-55(47)65)45-26-14-13-25-44(45)37-60/h1-35H. The number of nitriles is 2. The van der Waals surface area contributed by atoms with Crippen molar-refractivity contribution >= 4 is 21.8 Å². The van der Waals surface area contributed by atoms with E-state index in [1.807, 2.05) is 182 Å². The van der Waals surface area contributed by atoms with Crippen molar-refractivity contribution in [1.82, 2.24) is 24.5 Å². The van der Waals surface area contributed by atoms with E-state index in [1.165, 1.54) is 0 Å². The number of fused-ring (bicyclic) bond motifs is 3. The van der Waals surface area contributed by atoms with E-state index in [-0.39, 0.29) is 0 Å². The molecule has 0 radical (unpaired) electrons. The van der Waals surface area contributed by atoms with Gasteiger partial charge in [0.05, 0.1) is 62.8 Å². The summed E-state index contributed by atoms with van der Waals surface area (Å²) in [6.45, 7) is 0. The zero-order valence-electron chi connectivity index (χ0n) is 34.8. The summed E-state index contributed by atoms with van der Waals surface area (Å²) < 4.78 is 2.25. The Bertz CT molecular complexity index is 3400. The molecule has 0 saturated heterocycles. The molecule has 0 aliphatic heterocycles. The third-order valence-electron chi connectivity index (χ3n) is 11.7. The molecular weight excluding hydrogens is 795 g/mol. The number of para-hydroxylation sites is 1. The highest BCUT2D eigenvalue weighted by molar-refractivity contribution is 6.12. The first-order valence-corrected chi connectivity index (χ1v) is 21.3. The highest BCUT2D eigenvalue weighted by Gasteiger charge is 2.25. The zero-order valence-corrected chi connectivity index (χ0v) is 34.8. The van der Waals surface area contributed by atoms with Gasteiger partial charge >= 0.3 is 0 Å². The van der Waals surface area contributed by atoms with Gasteiger partial charge in [-0.15, -0.1) is 0 Å². The van der Waals surface area contributed by atoms with Crippen molar-refractivity contribution in [2.75, 3.05) is 0 Å². The maximum absolute atomic E-state index is 10.9. The molecule has 0 amide bonds. The van der Waals surface area contributed by atoms with Crippen LogP contribution in [-0.2, 0) is 0 Å². The highest BCUT2D eigenvalue weighted by atomic mass is 15.0. The molecule has 0 saturated carbocycles. The van der Waals surface area contributed by atoms with Crippen molar-refractivity contribution in [3.8, 4) is 96.8 Å². The molecule has 0 unspecified atom stereocenters. The van der Waals surface area contributed by atoms with E-state index in [0.717, 1.165) is 78.0 Å². The molecular formula is C58H35N7. The van der Waals surface area contributed by atoms with Crippen LogP contribution in [0.15, 0.2) is 212 Å². The number of aromatic nitrogens is 5. The van der Waals surface area contributed by atoms with Crippen molar-refractivity contribution in [3.05, 3.63) is 223 Å². The van der Waals surface area contributed by atoms with Crippen LogP contribution in [0.25, 0.3) is 106 Å². The first-order chi connectivity index (χ1) is 32.1. The van der Waals surface area contributed by atoms with Crippen LogP contribution in [0.4, 0.5) is 0 Å². The lowest BCUT2D eigenvalue weighted by Crippen LogP contribution is -2.06. The third kappa shape index (κ3) is 7.16. The Morgan fingerprint density at radius 2 is 0.831 bits per heavy atom. The molecule has 11 rings (SSSR count). The predicted molar refractivity (Wildman–Crippen MR) is 259 cm³/mol. The van der Waals surface area contributed by atoms with Gasteiger partial charge < -0.3 is 4.57 Å². The number of hydrogen-bond acceptors (Lipinski definition) is 6. The van der Waals surface area contributed by atoms with E-state index in [4.69, 9.17) is 19.9 Å². The lowest BCUT2D eigenvalue weighted by Gasteiger charge is -2.20. The minimum atomic E-state index is 0.422. The molecule has 0 N–H and O–H groups in total. The van der Waals surface area contributed by atoms with Gasteiger partial charge in [0, 0.05) is 44.2 Å². The third-order valence-corrected chi connectivity index (χ3v) is 11.7. The second-order valence-electron chi connectivity index (χ2n) is 15.7. The summed E-state index contributed by atoms with van der Waals surface area (Å²) in [5.41, 5.74) is 13.3. The van der Waals surface area contributed by atoms with Crippen molar-refractivity contribution < 1.29 is 0 Å². The molecule has 0 spiro atoms. The Kier molecular flexibility index (Phi) is 9.82. The van der Waals surface area contributed by atoms with Crippen LogP contribution in [0.2, 0.25) is 0 Å². The molecule has 0 atom stereocenters. The average molecular weight is 830 g/mol. The summed E-state index contributed by atoms with van der Waals surface area (Å²) >= 11 is 0.